The first-order valence-corrected chi connectivity index (χ1v) is 7.43. The van der Waals surface area contributed by atoms with Crippen molar-refractivity contribution in [3.8, 4) is 0 Å². The van der Waals surface area contributed by atoms with Gasteiger partial charge in [-0.25, -0.2) is 9.18 Å². The molecular formula is C16H22FNO3. The molecule has 1 aromatic carbocycles. The first kappa shape index (κ1) is 15.9. The predicted octanol–water partition coefficient (Wildman–Crippen LogP) is 2.84. The average Bonchev–Trinajstić information content (AvgIpc) is 2.49. The second kappa shape index (κ2) is 7.52. The van der Waals surface area contributed by atoms with Crippen molar-refractivity contribution in [3.63, 3.8) is 0 Å². The van der Waals surface area contributed by atoms with E-state index in [1.165, 1.54) is 12.1 Å². The fraction of sp³-hybridized carbons (Fsp3) is 0.562. The second-order valence-corrected chi connectivity index (χ2v) is 5.42. The van der Waals surface area contributed by atoms with Gasteiger partial charge in [-0.15, -0.1) is 0 Å². The molecule has 1 aliphatic heterocycles. The van der Waals surface area contributed by atoms with Crippen LogP contribution in [0.2, 0.25) is 0 Å². The number of rotatable bonds is 6. The van der Waals surface area contributed by atoms with Crippen molar-refractivity contribution < 1.29 is 19.0 Å². The van der Waals surface area contributed by atoms with E-state index in [-0.39, 0.29) is 24.6 Å². The molecule has 0 aliphatic carbocycles. The molecule has 0 spiro atoms. The van der Waals surface area contributed by atoms with Crippen LogP contribution in [-0.4, -0.2) is 41.8 Å². The van der Waals surface area contributed by atoms with Gasteiger partial charge in [0.15, 0.2) is 0 Å². The van der Waals surface area contributed by atoms with Gasteiger partial charge in [0.1, 0.15) is 12.4 Å². The topological polar surface area (TPSA) is 49.8 Å². The summed E-state index contributed by atoms with van der Waals surface area (Å²) in [5, 5.41) is 8.63. The molecule has 1 aromatic rings. The van der Waals surface area contributed by atoms with Crippen LogP contribution in [0.1, 0.15) is 37.8 Å². The van der Waals surface area contributed by atoms with E-state index < -0.39 is 5.97 Å². The monoisotopic (exact) mass is 295 g/mol. The van der Waals surface area contributed by atoms with Crippen LogP contribution in [0.25, 0.3) is 0 Å². The Bertz CT molecular complexity index is 455. The molecule has 21 heavy (non-hydrogen) atoms. The molecule has 1 aliphatic rings. The Balaban J connectivity index is 1.90. The summed E-state index contributed by atoms with van der Waals surface area (Å²) >= 11 is 0. The van der Waals surface area contributed by atoms with E-state index in [1.807, 2.05) is 12.1 Å². The molecule has 0 radical (unpaired) electrons. The van der Waals surface area contributed by atoms with Gasteiger partial charge >= 0.3 is 5.97 Å². The lowest BCUT2D eigenvalue weighted by Crippen LogP contribution is -2.39. The molecule has 1 atom stereocenters. The minimum Gasteiger partial charge on any atom is -0.480 e. The summed E-state index contributed by atoms with van der Waals surface area (Å²) in [6.07, 6.45) is 2.67. The number of benzene rings is 1. The molecule has 1 heterocycles. The van der Waals surface area contributed by atoms with Crippen LogP contribution >= 0.6 is 0 Å². The van der Waals surface area contributed by atoms with E-state index in [0.717, 1.165) is 37.9 Å². The number of halogens is 1. The van der Waals surface area contributed by atoms with E-state index in [2.05, 4.69) is 11.8 Å². The third-order valence-corrected chi connectivity index (χ3v) is 4.00. The van der Waals surface area contributed by atoms with Gasteiger partial charge in [-0.05, 0) is 37.0 Å². The minimum absolute atomic E-state index is 0.0306. The van der Waals surface area contributed by atoms with Crippen LogP contribution in [0.4, 0.5) is 4.39 Å². The maximum Gasteiger partial charge on any atom is 0.329 e. The normalized spacial score (nSPS) is 18.6. The molecule has 0 aromatic heterocycles. The Kier molecular flexibility index (Phi) is 5.70. The fourth-order valence-corrected chi connectivity index (χ4v) is 2.93. The van der Waals surface area contributed by atoms with Crippen molar-refractivity contribution in [3.05, 3.63) is 35.6 Å². The summed E-state index contributed by atoms with van der Waals surface area (Å²) in [6, 6.07) is 6.97. The van der Waals surface area contributed by atoms with Gasteiger partial charge in [0.2, 0.25) is 0 Å². The van der Waals surface area contributed by atoms with Crippen molar-refractivity contribution in [2.24, 2.45) is 0 Å². The van der Waals surface area contributed by atoms with E-state index in [0.29, 0.717) is 0 Å². The molecule has 1 fully saturated rings. The zero-order valence-electron chi connectivity index (χ0n) is 12.3. The number of carbonyl (C=O) groups is 1. The average molecular weight is 295 g/mol. The molecule has 0 amide bonds. The van der Waals surface area contributed by atoms with Crippen LogP contribution in [0.3, 0.4) is 0 Å². The molecule has 116 valence electrons. The fourth-order valence-electron chi connectivity index (χ4n) is 2.93. The highest BCUT2D eigenvalue weighted by atomic mass is 19.1. The standard InChI is InChI=1S/C16H22FNO3/c1-2-15(12-3-5-13(17)6-4-12)18-9-7-14(8-10-18)21-11-16(19)20/h3-6,14-15H,2,7-11H2,1H3,(H,19,20). The van der Waals surface area contributed by atoms with Gasteiger partial charge in [-0.3, -0.25) is 4.90 Å². The summed E-state index contributed by atoms with van der Waals surface area (Å²) < 4.78 is 18.4. The third-order valence-electron chi connectivity index (χ3n) is 4.00. The Morgan fingerprint density at radius 3 is 2.52 bits per heavy atom. The van der Waals surface area contributed by atoms with Crippen molar-refractivity contribution in [2.45, 2.75) is 38.3 Å². The molecule has 5 heteroatoms. The molecule has 0 saturated carbocycles. The van der Waals surface area contributed by atoms with Crippen molar-refractivity contribution >= 4 is 5.97 Å². The number of likely N-dealkylation sites (tertiary alicyclic amines) is 1. The molecule has 1 unspecified atom stereocenters. The van der Waals surface area contributed by atoms with Gasteiger partial charge in [0.05, 0.1) is 6.10 Å². The van der Waals surface area contributed by atoms with Crippen LogP contribution in [-0.2, 0) is 9.53 Å². The lowest BCUT2D eigenvalue weighted by Gasteiger charge is -2.37. The quantitative estimate of drug-likeness (QED) is 0.876. The van der Waals surface area contributed by atoms with E-state index in [9.17, 15) is 9.18 Å². The van der Waals surface area contributed by atoms with Crippen molar-refractivity contribution in [2.75, 3.05) is 19.7 Å². The maximum absolute atomic E-state index is 13.0. The number of nitrogens with zero attached hydrogens (tertiary/aromatic N) is 1. The van der Waals surface area contributed by atoms with E-state index >= 15 is 0 Å². The van der Waals surface area contributed by atoms with E-state index in [4.69, 9.17) is 9.84 Å². The lowest BCUT2D eigenvalue weighted by molar-refractivity contribution is -0.145. The smallest absolute Gasteiger partial charge is 0.329 e. The number of aliphatic carboxylic acids is 1. The van der Waals surface area contributed by atoms with Crippen molar-refractivity contribution in [1.82, 2.24) is 4.90 Å². The van der Waals surface area contributed by atoms with Crippen LogP contribution < -0.4 is 0 Å². The zero-order chi connectivity index (χ0) is 15.2. The summed E-state index contributed by atoms with van der Waals surface area (Å²) in [7, 11) is 0. The first-order valence-electron chi connectivity index (χ1n) is 7.43. The summed E-state index contributed by atoms with van der Waals surface area (Å²) in [5.41, 5.74) is 1.13. The number of ether oxygens (including phenoxy) is 1. The molecule has 4 nitrogen and oxygen atoms in total. The van der Waals surface area contributed by atoms with E-state index in [1.54, 1.807) is 0 Å². The third kappa shape index (κ3) is 4.51. The highest BCUT2D eigenvalue weighted by molar-refractivity contribution is 5.68. The number of hydrogen-bond donors (Lipinski definition) is 1. The van der Waals surface area contributed by atoms with Gasteiger partial charge < -0.3 is 9.84 Å². The first-order chi connectivity index (χ1) is 10.1. The Labute approximate surface area is 124 Å². The number of carboxylic acid groups (broad SMARTS) is 1. The Morgan fingerprint density at radius 2 is 2.00 bits per heavy atom. The lowest BCUT2D eigenvalue weighted by atomic mass is 9.98. The second-order valence-electron chi connectivity index (χ2n) is 5.42. The largest absolute Gasteiger partial charge is 0.480 e. The van der Waals surface area contributed by atoms with Gasteiger partial charge in [-0.1, -0.05) is 19.1 Å². The maximum atomic E-state index is 13.0. The summed E-state index contributed by atoms with van der Waals surface area (Å²) in [5.74, 6) is -1.13. The number of hydrogen-bond acceptors (Lipinski definition) is 3. The molecule has 2 rings (SSSR count). The predicted molar refractivity (Wildman–Crippen MR) is 77.6 cm³/mol. The van der Waals surface area contributed by atoms with Crippen molar-refractivity contribution in [1.29, 1.82) is 0 Å². The number of carboxylic acids is 1. The molecule has 1 saturated heterocycles. The minimum atomic E-state index is -0.921. The summed E-state index contributed by atoms with van der Waals surface area (Å²) in [4.78, 5) is 12.9. The van der Waals surface area contributed by atoms with Gasteiger partial charge in [0, 0.05) is 19.1 Å². The summed E-state index contributed by atoms with van der Waals surface area (Å²) in [6.45, 7) is 3.65. The Morgan fingerprint density at radius 1 is 1.38 bits per heavy atom. The molecule has 1 N–H and O–H groups in total. The van der Waals surface area contributed by atoms with Gasteiger partial charge in [-0.2, -0.15) is 0 Å². The zero-order valence-corrected chi connectivity index (χ0v) is 12.3. The van der Waals surface area contributed by atoms with Crippen LogP contribution in [0.15, 0.2) is 24.3 Å². The van der Waals surface area contributed by atoms with Crippen LogP contribution in [0, 0.1) is 5.82 Å². The molecule has 0 bridgehead atoms. The number of piperidine rings is 1. The van der Waals surface area contributed by atoms with Crippen LogP contribution in [0.5, 0.6) is 0 Å². The Hall–Kier alpha value is -1.46. The highest BCUT2D eigenvalue weighted by Crippen LogP contribution is 2.28. The highest BCUT2D eigenvalue weighted by Gasteiger charge is 2.25. The van der Waals surface area contributed by atoms with Gasteiger partial charge in [0.25, 0.3) is 0 Å². The molecular weight excluding hydrogens is 273 g/mol. The SMILES string of the molecule is CCC(c1ccc(F)cc1)N1CCC(OCC(=O)O)CC1.